The fraction of sp³-hybridized carbons (Fsp3) is 0.400. The van der Waals surface area contributed by atoms with Gasteiger partial charge in [0.25, 0.3) is 11.8 Å². The number of aromatic nitrogens is 2. The van der Waals surface area contributed by atoms with Gasteiger partial charge in [-0.05, 0) is 75.3 Å². The third-order valence-electron chi connectivity index (χ3n) is 8.06. The van der Waals surface area contributed by atoms with E-state index in [1.54, 1.807) is 0 Å². The molecule has 10 nitrogen and oxygen atoms in total. The number of hydrogen-bond acceptors (Lipinski definition) is 8. The van der Waals surface area contributed by atoms with E-state index in [-0.39, 0.29) is 29.2 Å². The molecule has 0 bridgehead atoms. The summed E-state index contributed by atoms with van der Waals surface area (Å²) in [6.07, 6.45) is -1.57. The Morgan fingerprint density at radius 3 is 2.28 bits per heavy atom. The van der Waals surface area contributed by atoms with Crippen molar-refractivity contribution < 1.29 is 22.8 Å². The van der Waals surface area contributed by atoms with Gasteiger partial charge in [0.15, 0.2) is 11.5 Å². The Labute approximate surface area is 248 Å². The number of halogens is 3. The summed E-state index contributed by atoms with van der Waals surface area (Å²) in [5.74, 6) is -0.447. The molecule has 5 rings (SSSR count). The standard InChI is InChI=1S/C30H35F3N8O2/c1-19-24(37-29(43)20-5-7-21(8-6-20)30(31,32)33)4-3-13-41(19)25-18-35-26(27(34)42)28(38-25)36-22-9-11-23(12-10-22)40-16-14-39(2)15-17-40/h5-12,18-19,24H,3-4,13-17H2,1-2H3,(H2,34,42)(H,36,38)(H,37,43)/t19-,24-/m1/s1. The molecule has 0 aliphatic carbocycles. The molecule has 43 heavy (non-hydrogen) atoms. The van der Waals surface area contributed by atoms with Crippen molar-refractivity contribution in [1.82, 2.24) is 20.2 Å². The zero-order valence-corrected chi connectivity index (χ0v) is 24.1. The number of piperidine rings is 1. The van der Waals surface area contributed by atoms with E-state index in [0.717, 1.165) is 56.1 Å². The maximum atomic E-state index is 12.9. The van der Waals surface area contributed by atoms with Crippen LogP contribution in [0.15, 0.2) is 54.7 Å². The number of primary amides is 1. The number of alkyl halides is 3. The van der Waals surface area contributed by atoms with Gasteiger partial charge < -0.3 is 31.1 Å². The molecular formula is C30H35F3N8O2. The minimum atomic E-state index is -4.47. The summed E-state index contributed by atoms with van der Waals surface area (Å²) in [6, 6.07) is 11.5. The van der Waals surface area contributed by atoms with E-state index in [2.05, 4.69) is 32.5 Å². The van der Waals surface area contributed by atoms with E-state index in [9.17, 15) is 22.8 Å². The van der Waals surface area contributed by atoms with Crippen molar-refractivity contribution in [2.75, 3.05) is 54.9 Å². The molecule has 4 N–H and O–H groups in total. The van der Waals surface area contributed by atoms with Gasteiger partial charge in [-0.3, -0.25) is 9.59 Å². The molecule has 2 atom stereocenters. The molecule has 13 heteroatoms. The molecule has 1 aromatic heterocycles. The van der Waals surface area contributed by atoms with E-state index in [1.807, 2.05) is 36.1 Å². The fourth-order valence-corrected chi connectivity index (χ4v) is 5.46. The Balaban J connectivity index is 1.29. The lowest BCUT2D eigenvalue weighted by Crippen LogP contribution is -2.54. The van der Waals surface area contributed by atoms with Gasteiger partial charge in [0.2, 0.25) is 0 Å². The van der Waals surface area contributed by atoms with Crippen molar-refractivity contribution in [3.05, 3.63) is 71.5 Å². The largest absolute Gasteiger partial charge is 0.416 e. The quantitative estimate of drug-likeness (QED) is 0.376. The third-order valence-corrected chi connectivity index (χ3v) is 8.06. The Bertz CT molecular complexity index is 1440. The number of anilines is 4. The van der Waals surface area contributed by atoms with Crippen LogP contribution in [0.4, 0.5) is 36.2 Å². The van der Waals surface area contributed by atoms with Crippen molar-refractivity contribution in [1.29, 1.82) is 0 Å². The molecule has 0 saturated carbocycles. The monoisotopic (exact) mass is 596 g/mol. The van der Waals surface area contributed by atoms with E-state index < -0.39 is 23.6 Å². The van der Waals surface area contributed by atoms with Gasteiger partial charge in [-0.2, -0.15) is 13.2 Å². The van der Waals surface area contributed by atoms with Gasteiger partial charge in [0.1, 0.15) is 5.82 Å². The second-order valence-corrected chi connectivity index (χ2v) is 11.0. The number of nitrogens with one attached hydrogen (secondary N) is 2. The van der Waals surface area contributed by atoms with Crippen molar-refractivity contribution in [3.8, 4) is 0 Å². The summed E-state index contributed by atoms with van der Waals surface area (Å²) in [6.45, 7) is 6.46. The second-order valence-electron chi connectivity index (χ2n) is 11.0. The minimum Gasteiger partial charge on any atom is -0.369 e. The first-order valence-electron chi connectivity index (χ1n) is 14.2. The van der Waals surface area contributed by atoms with Crippen LogP contribution < -0.4 is 26.2 Å². The van der Waals surface area contributed by atoms with Crippen molar-refractivity contribution >= 4 is 34.8 Å². The molecule has 2 aromatic carbocycles. The van der Waals surface area contributed by atoms with Crippen LogP contribution in [0.5, 0.6) is 0 Å². The van der Waals surface area contributed by atoms with Crippen LogP contribution in [0.1, 0.15) is 46.2 Å². The number of benzene rings is 2. The Hall–Kier alpha value is -4.39. The average molecular weight is 597 g/mol. The minimum absolute atomic E-state index is 0.00344. The highest BCUT2D eigenvalue weighted by atomic mass is 19.4. The van der Waals surface area contributed by atoms with Gasteiger partial charge in [0.05, 0.1) is 11.8 Å². The fourth-order valence-electron chi connectivity index (χ4n) is 5.46. The summed E-state index contributed by atoms with van der Waals surface area (Å²) < 4.78 is 38.7. The molecule has 2 fully saturated rings. The molecule has 2 amide bonds. The normalized spacial score (nSPS) is 19.7. The smallest absolute Gasteiger partial charge is 0.369 e. The number of nitrogens with two attached hydrogens (primary N) is 1. The number of hydrogen-bond donors (Lipinski definition) is 3. The lowest BCUT2D eigenvalue weighted by molar-refractivity contribution is -0.137. The number of amides is 2. The summed E-state index contributed by atoms with van der Waals surface area (Å²) in [5.41, 5.74) is 6.78. The Morgan fingerprint density at radius 1 is 0.977 bits per heavy atom. The van der Waals surface area contributed by atoms with E-state index in [0.29, 0.717) is 18.8 Å². The van der Waals surface area contributed by atoms with Gasteiger partial charge in [-0.1, -0.05) is 0 Å². The SMILES string of the molecule is C[C@@H]1[C@H](NC(=O)c2ccc(C(F)(F)F)cc2)CCCN1c1cnc(C(N)=O)c(Nc2ccc(N3CCN(C)CC3)cc2)n1. The number of rotatable bonds is 7. The van der Waals surface area contributed by atoms with E-state index >= 15 is 0 Å². The highest BCUT2D eigenvalue weighted by molar-refractivity contribution is 5.96. The van der Waals surface area contributed by atoms with Crippen LogP contribution in [0.3, 0.4) is 0 Å². The second kappa shape index (κ2) is 12.5. The first-order chi connectivity index (χ1) is 20.5. The molecular weight excluding hydrogens is 561 g/mol. The summed E-state index contributed by atoms with van der Waals surface area (Å²) >= 11 is 0. The summed E-state index contributed by atoms with van der Waals surface area (Å²) in [5, 5.41) is 6.14. The van der Waals surface area contributed by atoms with Crippen LogP contribution in [-0.4, -0.2) is 78.5 Å². The van der Waals surface area contributed by atoms with Gasteiger partial charge in [0, 0.05) is 61.7 Å². The third kappa shape index (κ3) is 6.99. The number of likely N-dealkylation sites (N-methyl/N-ethyl adjacent to an activating group) is 1. The average Bonchev–Trinajstić information content (AvgIpc) is 2.98. The predicted octanol–water partition coefficient (Wildman–Crippen LogP) is 3.88. The molecule has 228 valence electrons. The lowest BCUT2D eigenvalue weighted by atomic mass is 9.97. The van der Waals surface area contributed by atoms with Gasteiger partial charge >= 0.3 is 6.18 Å². The number of piperazine rings is 1. The molecule has 2 aliphatic heterocycles. The summed E-state index contributed by atoms with van der Waals surface area (Å²) in [4.78, 5) is 40.7. The van der Waals surface area contributed by atoms with Crippen molar-refractivity contribution in [3.63, 3.8) is 0 Å². The first kappa shape index (κ1) is 30.1. The highest BCUT2D eigenvalue weighted by Crippen LogP contribution is 2.30. The van der Waals surface area contributed by atoms with Crippen LogP contribution in [0.25, 0.3) is 0 Å². The molecule has 3 aromatic rings. The lowest BCUT2D eigenvalue weighted by Gasteiger charge is -2.40. The molecule has 0 radical (unpaired) electrons. The van der Waals surface area contributed by atoms with Crippen LogP contribution in [0, 0.1) is 0 Å². The number of carbonyl (C=O) groups is 2. The topological polar surface area (TPSA) is 120 Å². The highest BCUT2D eigenvalue weighted by Gasteiger charge is 2.32. The van der Waals surface area contributed by atoms with Gasteiger partial charge in [-0.15, -0.1) is 0 Å². The molecule has 2 saturated heterocycles. The molecule has 0 spiro atoms. The number of nitrogens with zero attached hydrogens (tertiary/aromatic N) is 5. The maximum absolute atomic E-state index is 12.9. The zero-order chi connectivity index (χ0) is 30.7. The molecule has 2 aliphatic rings. The van der Waals surface area contributed by atoms with Crippen molar-refractivity contribution in [2.45, 2.75) is 38.0 Å². The van der Waals surface area contributed by atoms with Crippen LogP contribution in [-0.2, 0) is 6.18 Å². The first-order valence-corrected chi connectivity index (χ1v) is 14.2. The zero-order valence-electron chi connectivity index (χ0n) is 24.1. The molecule has 3 heterocycles. The Morgan fingerprint density at radius 2 is 1.65 bits per heavy atom. The Kier molecular flexibility index (Phi) is 8.71. The van der Waals surface area contributed by atoms with E-state index in [1.165, 1.54) is 18.3 Å². The predicted molar refractivity (Wildman–Crippen MR) is 159 cm³/mol. The van der Waals surface area contributed by atoms with Crippen molar-refractivity contribution in [2.24, 2.45) is 5.73 Å². The van der Waals surface area contributed by atoms with Crippen LogP contribution in [0.2, 0.25) is 0 Å². The van der Waals surface area contributed by atoms with Crippen LogP contribution >= 0.6 is 0 Å². The molecule has 0 unspecified atom stereocenters. The summed E-state index contributed by atoms with van der Waals surface area (Å²) in [7, 11) is 2.11. The maximum Gasteiger partial charge on any atom is 0.416 e. The number of carbonyl (C=O) groups excluding carboxylic acids is 2. The van der Waals surface area contributed by atoms with E-state index in [4.69, 9.17) is 10.7 Å². The van der Waals surface area contributed by atoms with Gasteiger partial charge in [-0.25, -0.2) is 9.97 Å².